The highest BCUT2D eigenvalue weighted by atomic mass is 35.5. The first kappa shape index (κ1) is 12.1. The molecule has 0 radical (unpaired) electrons. The Morgan fingerprint density at radius 3 is 3.05 bits per heavy atom. The second-order valence-electron chi connectivity index (χ2n) is 4.60. The summed E-state index contributed by atoms with van der Waals surface area (Å²) < 4.78 is 0. The number of phenols is 1. The maximum atomic E-state index is 12.0. The van der Waals surface area contributed by atoms with E-state index in [0.717, 1.165) is 17.7 Å². The molecule has 1 heterocycles. The molecule has 0 saturated carbocycles. The zero-order valence-electron chi connectivity index (χ0n) is 10.1. The van der Waals surface area contributed by atoms with Gasteiger partial charge in [-0.25, -0.2) is 0 Å². The summed E-state index contributed by atoms with van der Waals surface area (Å²) in [5.41, 5.74) is 2.39. The molecule has 1 saturated heterocycles. The van der Waals surface area contributed by atoms with Gasteiger partial charge in [-0.1, -0.05) is 23.8 Å². The van der Waals surface area contributed by atoms with Crippen molar-refractivity contribution in [3.63, 3.8) is 0 Å². The largest absolute Gasteiger partial charge is 0.508 e. The van der Waals surface area contributed by atoms with Crippen LogP contribution in [0.25, 0.3) is 6.08 Å². The Morgan fingerprint density at radius 2 is 2.26 bits per heavy atom. The van der Waals surface area contributed by atoms with E-state index in [2.05, 4.69) is 5.32 Å². The van der Waals surface area contributed by atoms with E-state index in [0.29, 0.717) is 10.6 Å². The Bertz CT molecular complexity index is 644. The van der Waals surface area contributed by atoms with Crippen LogP contribution in [0.5, 0.6) is 5.75 Å². The predicted molar refractivity (Wildman–Crippen MR) is 74.6 cm³/mol. The fourth-order valence-electron chi connectivity index (χ4n) is 2.38. The van der Waals surface area contributed by atoms with Crippen LogP contribution >= 0.6 is 11.6 Å². The van der Waals surface area contributed by atoms with E-state index in [1.165, 1.54) is 6.07 Å². The van der Waals surface area contributed by atoms with Gasteiger partial charge in [0.05, 0.1) is 5.02 Å². The molecule has 19 heavy (non-hydrogen) atoms. The van der Waals surface area contributed by atoms with Gasteiger partial charge >= 0.3 is 0 Å². The topological polar surface area (TPSA) is 49.3 Å². The van der Waals surface area contributed by atoms with E-state index in [4.69, 9.17) is 11.6 Å². The van der Waals surface area contributed by atoms with Crippen LogP contribution in [0.1, 0.15) is 12.0 Å². The molecular formula is C15H12ClNO2. The van der Waals surface area contributed by atoms with Gasteiger partial charge in [0.2, 0.25) is 0 Å². The molecule has 3 nitrogen and oxygen atoms in total. The van der Waals surface area contributed by atoms with Crippen molar-refractivity contribution in [2.24, 2.45) is 5.92 Å². The van der Waals surface area contributed by atoms with E-state index >= 15 is 0 Å². The molecule has 1 aromatic carbocycles. The van der Waals surface area contributed by atoms with Crippen LogP contribution in [-0.4, -0.2) is 11.0 Å². The van der Waals surface area contributed by atoms with Crippen molar-refractivity contribution in [1.82, 2.24) is 5.32 Å². The number of aromatic hydroxyl groups is 1. The highest BCUT2D eigenvalue weighted by Crippen LogP contribution is 2.34. The number of rotatable bonds is 1. The van der Waals surface area contributed by atoms with Crippen molar-refractivity contribution in [2.75, 3.05) is 0 Å². The Morgan fingerprint density at radius 1 is 1.42 bits per heavy atom. The van der Waals surface area contributed by atoms with Gasteiger partial charge < -0.3 is 10.4 Å². The zero-order chi connectivity index (χ0) is 13.4. The molecule has 4 heteroatoms. The van der Waals surface area contributed by atoms with Crippen molar-refractivity contribution < 1.29 is 9.90 Å². The third kappa shape index (κ3) is 2.17. The molecule has 3 rings (SSSR count). The van der Waals surface area contributed by atoms with Gasteiger partial charge in [-0.15, -0.1) is 0 Å². The summed E-state index contributed by atoms with van der Waals surface area (Å²) in [6, 6.07) is 4.74. The van der Waals surface area contributed by atoms with E-state index in [1.54, 1.807) is 18.2 Å². The second-order valence-corrected chi connectivity index (χ2v) is 5.01. The number of hydrogen-bond acceptors (Lipinski definition) is 2. The van der Waals surface area contributed by atoms with Crippen LogP contribution in [0, 0.1) is 5.92 Å². The predicted octanol–water partition coefficient (Wildman–Crippen LogP) is 3.02. The first-order valence-electron chi connectivity index (χ1n) is 6.03. The van der Waals surface area contributed by atoms with E-state index in [9.17, 15) is 9.90 Å². The van der Waals surface area contributed by atoms with Crippen LogP contribution in [-0.2, 0) is 4.79 Å². The van der Waals surface area contributed by atoms with Gasteiger partial charge in [-0.05, 0) is 42.3 Å². The summed E-state index contributed by atoms with van der Waals surface area (Å²) >= 11 is 6.07. The summed E-state index contributed by atoms with van der Waals surface area (Å²) in [7, 11) is 0. The minimum atomic E-state index is -0.0795. The van der Waals surface area contributed by atoms with Crippen LogP contribution in [0.15, 0.2) is 47.7 Å². The third-order valence-corrected chi connectivity index (χ3v) is 3.68. The summed E-state index contributed by atoms with van der Waals surface area (Å²) in [6.45, 7) is 0. The summed E-state index contributed by atoms with van der Waals surface area (Å²) in [4.78, 5) is 12.0. The lowest BCUT2D eigenvalue weighted by molar-refractivity contribution is -0.115. The van der Waals surface area contributed by atoms with Crippen LogP contribution < -0.4 is 5.32 Å². The Balaban J connectivity index is 2.01. The maximum absolute atomic E-state index is 12.0. The highest BCUT2D eigenvalue weighted by molar-refractivity contribution is 6.32. The number of allylic oxidation sites excluding steroid dienone is 4. The van der Waals surface area contributed by atoms with Gasteiger partial charge in [0.1, 0.15) is 5.75 Å². The number of amides is 1. The van der Waals surface area contributed by atoms with Crippen molar-refractivity contribution in [1.29, 1.82) is 0 Å². The maximum Gasteiger partial charge on any atom is 0.252 e. The van der Waals surface area contributed by atoms with Crippen LogP contribution in [0.2, 0.25) is 5.02 Å². The fourth-order valence-corrected chi connectivity index (χ4v) is 2.61. The highest BCUT2D eigenvalue weighted by Gasteiger charge is 2.32. The zero-order valence-corrected chi connectivity index (χ0v) is 10.8. The van der Waals surface area contributed by atoms with Gasteiger partial charge in [-0.3, -0.25) is 4.79 Å². The minimum Gasteiger partial charge on any atom is -0.508 e. The molecule has 1 amide bonds. The molecule has 96 valence electrons. The molecular weight excluding hydrogens is 262 g/mol. The first-order valence-corrected chi connectivity index (χ1v) is 6.41. The molecule has 0 aromatic heterocycles. The monoisotopic (exact) mass is 273 g/mol. The first-order chi connectivity index (χ1) is 9.15. The second kappa shape index (κ2) is 4.59. The molecule has 0 spiro atoms. The van der Waals surface area contributed by atoms with Crippen molar-refractivity contribution in [3.05, 3.63) is 58.3 Å². The number of hydrogen-bond donors (Lipinski definition) is 2. The number of halogens is 1. The van der Waals surface area contributed by atoms with E-state index in [1.807, 2.05) is 18.2 Å². The molecule has 1 fully saturated rings. The number of carbonyl (C=O) groups excluding carboxylic acids is 1. The standard InChI is InChI=1S/C15H12ClNO2/c16-13-8-10(18)6-5-9(13)7-12-11-3-1-2-4-14(11)17-15(12)19/h1-2,4-8,11,18H,3H2,(H,17,19). The lowest BCUT2D eigenvalue weighted by Gasteiger charge is -2.12. The van der Waals surface area contributed by atoms with Gasteiger partial charge in [0.15, 0.2) is 0 Å². The van der Waals surface area contributed by atoms with Crippen molar-refractivity contribution in [2.45, 2.75) is 6.42 Å². The lowest BCUT2D eigenvalue weighted by atomic mass is 9.91. The van der Waals surface area contributed by atoms with Crippen LogP contribution in [0.3, 0.4) is 0 Å². The Kier molecular flexibility index (Phi) is 2.91. The van der Waals surface area contributed by atoms with E-state index in [-0.39, 0.29) is 17.6 Å². The van der Waals surface area contributed by atoms with Gasteiger partial charge in [-0.2, -0.15) is 0 Å². The molecule has 2 N–H and O–H groups in total. The number of carbonyl (C=O) groups is 1. The SMILES string of the molecule is O=C1NC2=CC=CCC2C1=Cc1ccc(O)cc1Cl. The molecule has 1 atom stereocenters. The average molecular weight is 274 g/mol. The Hall–Kier alpha value is -2.00. The quantitative estimate of drug-likeness (QED) is 0.773. The van der Waals surface area contributed by atoms with Gasteiger partial charge in [0, 0.05) is 17.2 Å². The molecule has 1 aromatic rings. The smallest absolute Gasteiger partial charge is 0.252 e. The number of benzene rings is 1. The Labute approximate surface area is 115 Å². The third-order valence-electron chi connectivity index (χ3n) is 3.35. The average Bonchev–Trinajstić information content (AvgIpc) is 2.69. The summed E-state index contributed by atoms with van der Waals surface area (Å²) in [5.74, 6) is 0.121. The molecule has 0 bridgehead atoms. The minimum absolute atomic E-state index is 0.0795. The number of fused-ring (bicyclic) bond motifs is 1. The van der Waals surface area contributed by atoms with Crippen LogP contribution in [0.4, 0.5) is 0 Å². The van der Waals surface area contributed by atoms with Crippen molar-refractivity contribution in [3.8, 4) is 5.75 Å². The summed E-state index contributed by atoms with van der Waals surface area (Å²) in [5, 5.41) is 12.6. The molecule has 1 aliphatic carbocycles. The lowest BCUT2D eigenvalue weighted by Crippen LogP contribution is -2.13. The fraction of sp³-hybridized carbons (Fsp3) is 0.133. The normalized spacial score (nSPS) is 23.2. The molecule has 1 unspecified atom stereocenters. The van der Waals surface area contributed by atoms with E-state index < -0.39 is 0 Å². The van der Waals surface area contributed by atoms with Crippen molar-refractivity contribution >= 4 is 23.6 Å². The summed E-state index contributed by atoms with van der Waals surface area (Å²) in [6.07, 6.45) is 8.52. The number of nitrogens with one attached hydrogen (secondary N) is 1. The molecule has 1 aliphatic heterocycles. The number of phenolic OH excluding ortho intramolecular Hbond substituents is 1. The van der Waals surface area contributed by atoms with Gasteiger partial charge in [0.25, 0.3) is 5.91 Å². The molecule has 2 aliphatic rings.